The van der Waals surface area contributed by atoms with E-state index in [-0.39, 0.29) is 29.3 Å². The summed E-state index contributed by atoms with van der Waals surface area (Å²) in [5.41, 5.74) is 7.59. The number of benzene rings is 2. The summed E-state index contributed by atoms with van der Waals surface area (Å²) < 4.78 is 16.2. The normalized spacial score (nSPS) is 15.3. The monoisotopic (exact) mass is 713 g/mol. The van der Waals surface area contributed by atoms with E-state index in [9.17, 15) is 19.6 Å². The first-order valence-corrected chi connectivity index (χ1v) is 12.7. The lowest BCUT2D eigenvalue weighted by Crippen LogP contribution is -2.41. The fraction of sp³-hybridized carbons (Fsp3) is 0.200. The van der Waals surface area contributed by atoms with Gasteiger partial charge in [-0.15, -0.1) is 0 Å². The van der Waals surface area contributed by atoms with Crippen molar-refractivity contribution in [1.29, 1.82) is 5.26 Å². The zero-order valence-corrected chi connectivity index (χ0v) is 23.8. The highest BCUT2D eigenvalue weighted by atomic mass is 127. The standard InChI is InChI=1S/C25H21I2N3O6/c1-4-36-23(31)14-10-16(26)20(17(27)11-14)30-21(25(33)35-3)19(24(32)34-2)18(15(12-28)22(30)29)13-8-6-5-7-9-13/h5-11,18H,4,29H2,1-3H3. The van der Waals surface area contributed by atoms with E-state index in [1.165, 1.54) is 19.1 Å². The second-order valence-corrected chi connectivity index (χ2v) is 9.67. The van der Waals surface area contributed by atoms with Crippen LogP contribution in [0.3, 0.4) is 0 Å². The third-order valence-corrected chi connectivity index (χ3v) is 7.01. The van der Waals surface area contributed by atoms with Crippen LogP contribution in [0.25, 0.3) is 0 Å². The van der Waals surface area contributed by atoms with Gasteiger partial charge in [0.1, 0.15) is 11.5 Å². The Kier molecular flexibility index (Phi) is 8.96. The van der Waals surface area contributed by atoms with Gasteiger partial charge in [0.2, 0.25) is 0 Å². The Morgan fingerprint density at radius 3 is 2.11 bits per heavy atom. The van der Waals surface area contributed by atoms with Crippen LogP contribution in [0.15, 0.2) is 65.1 Å². The van der Waals surface area contributed by atoms with Crippen molar-refractivity contribution in [3.63, 3.8) is 0 Å². The lowest BCUT2D eigenvalue weighted by atomic mass is 9.81. The predicted molar refractivity (Wildman–Crippen MR) is 147 cm³/mol. The second-order valence-electron chi connectivity index (χ2n) is 7.34. The van der Waals surface area contributed by atoms with Crippen LogP contribution in [0, 0.1) is 18.5 Å². The second kappa shape index (κ2) is 11.7. The van der Waals surface area contributed by atoms with E-state index >= 15 is 0 Å². The van der Waals surface area contributed by atoms with Gasteiger partial charge in [0.25, 0.3) is 0 Å². The predicted octanol–water partition coefficient (Wildman–Crippen LogP) is 3.97. The SMILES string of the molecule is CCOC(=O)c1cc(I)c(N2C(N)=C(C#N)C(c3ccccc3)C(C(=O)OC)=C2C(=O)OC)c(I)c1. The molecule has 0 saturated heterocycles. The van der Waals surface area contributed by atoms with Gasteiger partial charge in [0.15, 0.2) is 0 Å². The molecule has 0 amide bonds. The molecule has 2 N–H and O–H groups in total. The fourth-order valence-corrected chi connectivity index (χ4v) is 6.11. The van der Waals surface area contributed by atoms with Gasteiger partial charge in [-0.3, -0.25) is 4.90 Å². The number of anilines is 1. The summed E-state index contributed by atoms with van der Waals surface area (Å²) in [5, 5.41) is 10.2. The Balaban J connectivity index is 2.41. The summed E-state index contributed by atoms with van der Waals surface area (Å²) in [5.74, 6) is -3.20. The largest absolute Gasteiger partial charge is 0.466 e. The third-order valence-electron chi connectivity index (χ3n) is 5.36. The summed E-state index contributed by atoms with van der Waals surface area (Å²) in [6.07, 6.45) is 0. The zero-order chi connectivity index (χ0) is 26.6. The van der Waals surface area contributed by atoms with Crippen molar-refractivity contribution in [1.82, 2.24) is 0 Å². The molecule has 0 radical (unpaired) electrons. The number of hydrogen-bond donors (Lipinski definition) is 1. The molecule has 0 fully saturated rings. The highest BCUT2D eigenvalue weighted by Gasteiger charge is 2.44. The van der Waals surface area contributed by atoms with Crippen molar-refractivity contribution in [2.75, 3.05) is 25.7 Å². The quantitative estimate of drug-likeness (QED) is 0.269. The van der Waals surface area contributed by atoms with Gasteiger partial charge >= 0.3 is 17.9 Å². The number of nitrogens with zero attached hydrogens (tertiary/aromatic N) is 2. The minimum atomic E-state index is -0.969. The van der Waals surface area contributed by atoms with E-state index < -0.39 is 23.8 Å². The number of rotatable bonds is 6. The maximum absolute atomic E-state index is 13.2. The Morgan fingerprint density at radius 1 is 1.03 bits per heavy atom. The number of nitrogens with two attached hydrogens (primary N) is 1. The molecular formula is C25H21I2N3O6. The molecule has 9 nitrogen and oxygen atoms in total. The van der Waals surface area contributed by atoms with Crippen LogP contribution in [0.4, 0.5) is 5.69 Å². The molecule has 2 aromatic rings. The van der Waals surface area contributed by atoms with Crippen LogP contribution < -0.4 is 10.6 Å². The number of hydrogen-bond acceptors (Lipinski definition) is 9. The van der Waals surface area contributed by atoms with Crippen LogP contribution in [0.1, 0.15) is 28.8 Å². The molecule has 1 unspecified atom stereocenters. The van der Waals surface area contributed by atoms with Crippen molar-refractivity contribution >= 4 is 68.8 Å². The third kappa shape index (κ3) is 5.05. The van der Waals surface area contributed by atoms with E-state index in [2.05, 4.69) is 6.07 Å². The summed E-state index contributed by atoms with van der Waals surface area (Å²) in [4.78, 5) is 40.0. The molecule has 3 rings (SSSR count). The van der Waals surface area contributed by atoms with Crippen LogP contribution in [-0.2, 0) is 23.8 Å². The van der Waals surface area contributed by atoms with Gasteiger partial charge in [-0.1, -0.05) is 30.3 Å². The molecule has 1 aliphatic rings. The van der Waals surface area contributed by atoms with Crippen LogP contribution >= 0.6 is 45.2 Å². The Bertz CT molecular complexity index is 1310. The summed E-state index contributed by atoms with van der Waals surface area (Å²) >= 11 is 3.99. The number of allylic oxidation sites excluding steroid dienone is 1. The molecule has 2 aromatic carbocycles. The topological polar surface area (TPSA) is 132 Å². The van der Waals surface area contributed by atoms with Crippen molar-refractivity contribution in [3.05, 3.63) is 83.4 Å². The van der Waals surface area contributed by atoms with Gasteiger partial charge < -0.3 is 19.9 Å². The number of nitriles is 1. The highest BCUT2D eigenvalue weighted by molar-refractivity contribution is 14.1. The molecule has 36 heavy (non-hydrogen) atoms. The van der Waals surface area contributed by atoms with E-state index in [1.54, 1.807) is 49.4 Å². The Hall–Kier alpha value is -3.12. The first-order chi connectivity index (χ1) is 17.2. The Morgan fingerprint density at radius 2 is 1.61 bits per heavy atom. The van der Waals surface area contributed by atoms with Crippen LogP contribution in [0.5, 0.6) is 0 Å². The average molecular weight is 713 g/mol. The van der Waals surface area contributed by atoms with Gasteiger partial charge in [-0.25, -0.2) is 14.4 Å². The lowest BCUT2D eigenvalue weighted by Gasteiger charge is -2.36. The molecule has 1 heterocycles. The molecule has 1 atom stereocenters. The minimum Gasteiger partial charge on any atom is -0.466 e. The van der Waals surface area contributed by atoms with Gasteiger partial charge in [-0.2, -0.15) is 5.26 Å². The van der Waals surface area contributed by atoms with Crippen LogP contribution in [-0.4, -0.2) is 38.7 Å². The number of carbonyl (C=O) groups is 3. The molecule has 186 valence electrons. The van der Waals surface area contributed by atoms with Gasteiger partial charge in [0, 0.05) is 7.14 Å². The molecule has 0 spiro atoms. The highest BCUT2D eigenvalue weighted by Crippen LogP contribution is 2.45. The lowest BCUT2D eigenvalue weighted by molar-refractivity contribution is -0.139. The van der Waals surface area contributed by atoms with Gasteiger partial charge in [-0.05, 0) is 69.8 Å². The van der Waals surface area contributed by atoms with Crippen LogP contribution in [0.2, 0.25) is 0 Å². The number of halogens is 2. The van der Waals surface area contributed by atoms with E-state index in [1.807, 2.05) is 45.2 Å². The van der Waals surface area contributed by atoms with Crippen molar-refractivity contribution in [2.45, 2.75) is 12.8 Å². The summed E-state index contributed by atoms with van der Waals surface area (Å²) in [6, 6.07) is 14.0. The maximum Gasteiger partial charge on any atom is 0.355 e. The molecule has 0 bridgehead atoms. The van der Waals surface area contributed by atoms with Gasteiger partial charge in [0.05, 0.1) is 55.2 Å². The van der Waals surface area contributed by atoms with E-state index in [4.69, 9.17) is 19.9 Å². The first kappa shape index (κ1) is 27.5. The molecule has 0 aromatic heterocycles. The first-order valence-electron chi connectivity index (χ1n) is 10.5. The number of ether oxygens (including phenoxy) is 3. The molecule has 11 heteroatoms. The number of methoxy groups -OCH3 is 2. The van der Waals surface area contributed by atoms with Crippen molar-refractivity contribution < 1.29 is 28.6 Å². The number of esters is 3. The average Bonchev–Trinajstić information content (AvgIpc) is 2.88. The molecule has 0 saturated carbocycles. The smallest absolute Gasteiger partial charge is 0.355 e. The van der Waals surface area contributed by atoms with Crippen molar-refractivity contribution in [2.24, 2.45) is 5.73 Å². The summed E-state index contributed by atoms with van der Waals surface area (Å²) in [7, 11) is 2.37. The zero-order valence-electron chi connectivity index (χ0n) is 19.5. The minimum absolute atomic E-state index is 0.0512. The fourth-order valence-electron chi connectivity index (χ4n) is 3.86. The molecule has 1 aliphatic heterocycles. The Labute approximate surface area is 235 Å². The number of carbonyl (C=O) groups excluding carboxylic acids is 3. The molecule has 0 aliphatic carbocycles. The van der Waals surface area contributed by atoms with E-state index in [0.717, 1.165) is 0 Å². The summed E-state index contributed by atoms with van der Waals surface area (Å²) in [6.45, 7) is 1.91. The molecular weight excluding hydrogens is 692 g/mol. The van der Waals surface area contributed by atoms with E-state index in [0.29, 0.717) is 24.0 Å². The maximum atomic E-state index is 13.2. The van der Waals surface area contributed by atoms with Crippen molar-refractivity contribution in [3.8, 4) is 6.07 Å².